The van der Waals surface area contributed by atoms with Crippen molar-refractivity contribution in [2.75, 3.05) is 13.1 Å². The van der Waals surface area contributed by atoms with Crippen molar-refractivity contribution in [2.24, 2.45) is 0 Å². The molecule has 2 aromatic rings. The third-order valence-corrected chi connectivity index (χ3v) is 7.32. The largest absolute Gasteiger partial charge is 0.307 e. The second kappa shape index (κ2) is 10.1. The molecule has 0 N–H and O–H groups in total. The van der Waals surface area contributed by atoms with E-state index < -0.39 is 11.6 Å². The zero-order chi connectivity index (χ0) is 24.6. The van der Waals surface area contributed by atoms with Crippen LogP contribution in [-0.4, -0.2) is 34.7 Å². The minimum atomic E-state index is -0.477. The van der Waals surface area contributed by atoms with Gasteiger partial charge in [-0.1, -0.05) is 38.8 Å². The van der Waals surface area contributed by atoms with Crippen LogP contribution in [0.1, 0.15) is 50.7 Å². The van der Waals surface area contributed by atoms with E-state index in [0.717, 1.165) is 25.7 Å². The van der Waals surface area contributed by atoms with Crippen molar-refractivity contribution < 1.29 is 18.4 Å². The average Bonchev–Trinajstić information content (AvgIpc) is 3.26. The number of benzene rings is 2. The first-order valence-electron chi connectivity index (χ1n) is 11.3. The van der Waals surface area contributed by atoms with Gasteiger partial charge in [0.25, 0.3) is 11.8 Å². The van der Waals surface area contributed by atoms with E-state index in [9.17, 15) is 18.4 Å². The van der Waals surface area contributed by atoms with E-state index in [2.05, 4.69) is 31.9 Å². The van der Waals surface area contributed by atoms with Crippen LogP contribution in [-0.2, 0) is 9.59 Å². The molecule has 8 heteroatoms. The first-order chi connectivity index (χ1) is 16.3. The lowest BCUT2D eigenvalue weighted by atomic mass is 10.0. The Kier molecular flexibility index (Phi) is 7.38. The highest BCUT2D eigenvalue weighted by Gasteiger charge is 2.48. The molecular formula is C26H24Br2F2N2O2. The van der Waals surface area contributed by atoms with Crippen molar-refractivity contribution in [1.29, 1.82) is 0 Å². The van der Waals surface area contributed by atoms with Crippen molar-refractivity contribution in [3.8, 4) is 0 Å². The first kappa shape index (κ1) is 24.8. The molecule has 0 saturated carbocycles. The molecule has 0 unspecified atom stereocenters. The monoisotopic (exact) mass is 592 g/mol. The zero-order valence-corrected chi connectivity index (χ0v) is 22.1. The van der Waals surface area contributed by atoms with E-state index >= 15 is 0 Å². The molecule has 0 radical (unpaired) electrons. The number of amides is 2. The highest BCUT2D eigenvalue weighted by atomic mass is 79.9. The molecule has 0 aromatic heterocycles. The van der Waals surface area contributed by atoms with Crippen molar-refractivity contribution in [3.63, 3.8) is 0 Å². The Morgan fingerprint density at radius 2 is 1.09 bits per heavy atom. The molecule has 2 aromatic carbocycles. The maximum atomic E-state index is 14.5. The summed E-state index contributed by atoms with van der Waals surface area (Å²) in [5.41, 5.74) is 2.27. The zero-order valence-electron chi connectivity index (χ0n) is 18.9. The maximum Gasteiger partial charge on any atom is 0.261 e. The minimum absolute atomic E-state index is 0.261. The number of carbonyl (C=O) groups is 2. The Bertz CT molecular complexity index is 1140. The van der Waals surface area contributed by atoms with E-state index in [-0.39, 0.29) is 23.0 Å². The van der Waals surface area contributed by atoms with Gasteiger partial charge in [-0.2, -0.15) is 0 Å². The fourth-order valence-electron chi connectivity index (χ4n) is 4.34. The van der Waals surface area contributed by atoms with Gasteiger partial charge < -0.3 is 9.80 Å². The number of halogens is 4. The molecule has 0 aliphatic carbocycles. The van der Waals surface area contributed by atoms with Crippen molar-refractivity contribution in [3.05, 3.63) is 79.3 Å². The summed E-state index contributed by atoms with van der Waals surface area (Å²) in [5, 5.41) is 0. The smallest absolute Gasteiger partial charge is 0.261 e. The van der Waals surface area contributed by atoms with Gasteiger partial charge in [-0.25, -0.2) is 8.78 Å². The number of rotatable bonds is 8. The van der Waals surface area contributed by atoms with Crippen LogP contribution >= 0.6 is 31.9 Å². The lowest BCUT2D eigenvalue weighted by Gasteiger charge is -2.25. The molecule has 0 spiro atoms. The molecule has 34 heavy (non-hydrogen) atoms. The van der Waals surface area contributed by atoms with Gasteiger partial charge >= 0.3 is 0 Å². The Balaban J connectivity index is 1.99. The van der Waals surface area contributed by atoms with Crippen LogP contribution in [0, 0.1) is 11.6 Å². The number of carbonyl (C=O) groups excluding carboxylic acids is 2. The molecule has 2 heterocycles. The summed E-state index contributed by atoms with van der Waals surface area (Å²) >= 11 is 6.34. The Hall–Kier alpha value is -2.32. The molecule has 0 bridgehead atoms. The lowest BCUT2D eigenvalue weighted by molar-refractivity contribution is -0.124. The fourth-order valence-corrected chi connectivity index (χ4v) is 4.84. The van der Waals surface area contributed by atoms with E-state index in [0.29, 0.717) is 44.6 Å². The lowest BCUT2D eigenvalue weighted by Crippen LogP contribution is -2.31. The highest BCUT2D eigenvalue weighted by Crippen LogP contribution is 2.47. The molecular weight excluding hydrogens is 570 g/mol. The third-order valence-electron chi connectivity index (χ3n) is 6.04. The Morgan fingerprint density at radius 1 is 0.706 bits per heavy atom. The van der Waals surface area contributed by atoms with Gasteiger partial charge in [0.15, 0.2) is 0 Å². The maximum absolute atomic E-state index is 14.5. The SMILES string of the molecule is CCCCN1C(=O)C2=C(c3ccc(Br)c(F)c3)N(CCCC)C(=O)C2=C1c1ccc(Br)c(F)c1. The molecule has 2 aliphatic rings. The van der Waals surface area contributed by atoms with E-state index in [1.807, 2.05) is 13.8 Å². The van der Waals surface area contributed by atoms with Gasteiger partial charge in [-0.3, -0.25) is 9.59 Å². The predicted octanol–water partition coefficient (Wildman–Crippen LogP) is 6.90. The van der Waals surface area contributed by atoms with Gasteiger partial charge in [-0.15, -0.1) is 0 Å². The minimum Gasteiger partial charge on any atom is -0.307 e. The third kappa shape index (κ3) is 4.26. The van der Waals surface area contributed by atoms with Crippen LogP contribution in [0.2, 0.25) is 0 Å². The van der Waals surface area contributed by atoms with Crippen molar-refractivity contribution >= 4 is 55.1 Å². The van der Waals surface area contributed by atoms with Gasteiger partial charge in [0.1, 0.15) is 11.6 Å². The number of unbranched alkanes of at least 4 members (excludes halogenated alkanes) is 2. The fraction of sp³-hybridized carbons (Fsp3) is 0.308. The molecule has 0 saturated heterocycles. The molecule has 2 aliphatic heterocycles. The van der Waals surface area contributed by atoms with Gasteiger partial charge in [0, 0.05) is 24.2 Å². The van der Waals surface area contributed by atoms with Crippen LogP contribution in [0.15, 0.2) is 56.5 Å². The molecule has 2 amide bonds. The number of hydrogen-bond acceptors (Lipinski definition) is 2. The van der Waals surface area contributed by atoms with Crippen LogP contribution in [0.5, 0.6) is 0 Å². The summed E-state index contributed by atoms with van der Waals surface area (Å²) in [6.45, 7) is 4.83. The molecule has 0 fully saturated rings. The summed E-state index contributed by atoms with van der Waals surface area (Å²) in [4.78, 5) is 30.7. The second-order valence-electron chi connectivity index (χ2n) is 8.33. The molecule has 0 atom stereocenters. The second-order valence-corrected chi connectivity index (χ2v) is 10.0. The predicted molar refractivity (Wildman–Crippen MR) is 135 cm³/mol. The molecule has 4 rings (SSSR count). The first-order valence-corrected chi connectivity index (χ1v) is 12.9. The Morgan fingerprint density at radius 3 is 1.41 bits per heavy atom. The van der Waals surface area contributed by atoms with Gasteiger partial charge in [-0.05, 0) is 69.0 Å². The standard InChI is InChI=1S/C26H24Br2F2N2O2/c1-3-5-11-31-23(15-7-9-17(27)19(29)13-15)21-22(25(31)33)24(32(26(21)34)12-6-4-2)16-8-10-18(28)20(30)14-16/h7-10,13-14H,3-6,11-12H2,1-2H3. The highest BCUT2D eigenvalue weighted by molar-refractivity contribution is 9.10. The van der Waals surface area contributed by atoms with Crippen LogP contribution in [0.4, 0.5) is 8.78 Å². The topological polar surface area (TPSA) is 40.6 Å². The van der Waals surface area contributed by atoms with Crippen molar-refractivity contribution in [2.45, 2.75) is 39.5 Å². The average molecular weight is 594 g/mol. The van der Waals surface area contributed by atoms with E-state index in [1.165, 1.54) is 12.1 Å². The summed E-state index contributed by atoms with van der Waals surface area (Å²) in [5.74, 6) is -1.58. The van der Waals surface area contributed by atoms with Gasteiger partial charge in [0.2, 0.25) is 0 Å². The number of fused-ring (bicyclic) bond motifs is 1. The number of hydrogen-bond donors (Lipinski definition) is 0. The van der Waals surface area contributed by atoms with E-state index in [1.54, 1.807) is 34.1 Å². The summed E-state index contributed by atoms with van der Waals surface area (Å²) in [6.07, 6.45) is 3.15. The quantitative estimate of drug-likeness (QED) is 0.334. The van der Waals surface area contributed by atoms with Crippen molar-refractivity contribution in [1.82, 2.24) is 9.80 Å². The number of nitrogens with zero attached hydrogens (tertiary/aromatic N) is 2. The van der Waals surface area contributed by atoms with E-state index in [4.69, 9.17) is 0 Å². The summed E-state index contributed by atoms with van der Waals surface area (Å²) in [7, 11) is 0. The Labute approximate surface area is 214 Å². The molecule has 178 valence electrons. The summed E-state index contributed by atoms with van der Waals surface area (Å²) < 4.78 is 29.6. The van der Waals surface area contributed by atoms with Crippen LogP contribution in [0.3, 0.4) is 0 Å². The molecule has 4 nitrogen and oxygen atoms in total. The summed E-state index contributed by atoms with van der Waals surface area (Å²) in [6, 6.07) is 9.21. The van der Waals surface area contributed by atoms with Crippen LogP contribution < -0.4 is 0 Å². The van der Waals surface area contributed by atoms with Crippen LogP contribution in [0.25, 0.3) is 11.4 Å². The normalized spacial score (nSPS) is 15.8. The van der Waals surface area contributed by atoms with Gasteiger partial charge in [0.05, 0.1) is 31.5 Å².